The molecule has 0 saturated heterocycles. The van der Waals surface area contributed by atoms with E-state index in [9.17, 15) is 0 Å². The van der Waals surface area contributed by atoms with Crippen LogP contribution in [-0.4, -0.2) is 11.2 Å². The highest BCUT2D eigenvalue weighted by atomic mass is 32.3. The molecule has 5 aromatic rings. The Bertz CT molecular complexity index is 1210. The smallest absolute Gasteiger partial charge is 0.0907 e. The maximum absolute atomic E-state index is 4.84. The fraction of sp³-hybridized carbons (Fsp3) is 0.0741. The second-order valence-corrected chi connectivity index (χ2v) is 14.4. The third kappa shape index (κ3) is 2.66. The predicted octanol–water partition coefficient (Wildman–Crippen LogP) is 7.84. The first-order valence-electron chi connectivity index (χ1n) is 10.2. The lowest BCUT2D eigenvalue weighted by Gasteiger charge is -2.60. The highest BCUT2D eigenvalue weighted by Crippen LogP contribution is 2.87. The monoisotopic (exact) mass is 427 g/mol. The van der Waals surface area contributed by atoms with Crippen LogP contribution in [0.1, 0.15) is 5.01 Å². The van der Waals surface area contributed by atoms with E-state index in [-0.39, 0.29) is 0 Å². The van der Waals surface area contributed by atoms with Crippen molar-refractivity contribution in [2.24, 2.45) is 0 Å². The summed E-state index contributed by atoms with van der Waals surface area (Å²) < 4.78 is 1.25. The van der Waals surface area contributed by atoms with Crippen molar-refractivity contribution in [2.75, 3.05) is 6.26 Å². The normalized spacial score (nSPS) is 13.1. The third-order valence-electron chi connectivity index (χ3n) is 6.33. The number of benzene rings is 4. The van der Waals surface area contributed by atoms with E-state index < -0.39 is 9.16 Å². The molecule has 0 atom stereocenters. The second-order valence-electron chi connectivity index (χ2n) is 7.96. The molecular formula is C27H25NS2. The molecule has 0 spiro atoms. The zero-order valence-electron chi connectivity index (χ0n) is 17.2. The summed E-state index contributed by atoms with van der Waals surface area (Å²) in [6.45, 7) is 2.08. The van der Waals surface area contributed by atoms with Crippen LogP contribution in [0.2, 0.25) is 0 Å². The van der Waals surface area contributed by atoms with Gasteiger partial charge in [-0.25, -0.2) is 14.1 Å². The minimum Gasteiger partial charge on any atom is -0.241 e. The molecule has 0 unspecified atom stereocenters. The lowest BCUT2D eigenvalue weighted by Crippen LogP contribution is -2.19. The van der Waals surface area contributed by atoms with Gasteiger partial charge in [-0.1, -0.05) is 91.0 Å². The first kappa shape index (κ1) is 19.1. The Hall–Kier alpha value is -2.88. The number of thiazole rings is 1. The number of aryl methyl sites for hydroxylation is 1. The standard InChI is InChI=1S/C27H25NS2/c1-21-28-26-20-25(18-19-27(26)29-21)30(2,22-12-6-3-7-13-22,23-14-8-4-9-15-23)24-16-10-5-11-17-24/h3-20,30H,1-2H3. The number of aromatic nitrogens is 1. The molecule has 0 bridgehead atoms. The SMILES string of the molecule is Cc1nc2cc([SH](C)(c3ccccc3)(c3ccccc3)c3ccccc3)ccc2s1. The highest BCUT2D eigenvalue weighted by Gasteiger charge is 2.43. The van der Waals surface area contributed by atoms with Crippen LogP contribution in [0.25, 0.3) is 10.2 Å². The van der Waals surface area contributed by atoms with Crippen LogP contribution >= 0.6 is 20.5 Å². The van der Waals surface area contributed by atoms with E-state index in [0.717, 1.165) is 10.5 Å². The van der Waals surface area contributed by atoms with Crippen LogP contribution in [-0.2, 0) is 0 Å². The van der Waals surface area contributed by atoms with Gasteiger partial charge in [-0.05, 0) is 51.0 Å². The van der Waals surface area contributed by atoms with Crippen molar-refractivity contribution >= 4 is 30.7 Å². The number of hydrogen-bond donors (Lipinski definition) is 1. The van der Waals surface area contributed by atoms with Crippen LogP contribution in [0, 0.1) is 6.92 Å². The van der Waals surface area contributed by atoms with Crippen LogP contribution in [0.3, 0.4) is 0 Å². The Morgan fingerprint density at radius 1 is 0.600 bits per heavy atom. The third-order valence-corrected chi connectivity index (χ3v) is 13.6. The average Bonchev–Trinajstić information content (AvgIpc) is 3.20. The number of thiol groups is 1. The van der Waals surface area contributed by atoms with Gasteiger partial charge in [-0.2, -0.15) is 0 Å². The van der Waals surface area contributed by atoms with Crippen molar-refractivity contribution in [3.8, 4) is 0 Å². The molecule has 0 saturated carbocycles. The molecule has 5 rings (SSSR count). The number of rotatable bonds is 4. The summed E-state index contributed by atoms with van der Waals surface area (Å²) in [5, 5.41) is 1.11. The molecule has 1 nitrogen and oxygen atoms in total. The van der Waals surface area contributed by atoms with Gasteiger partial charge in [0.15, 0.2) is 0 Å². The van der Waals surface area contributed by atoms with Gasteiger partial charge in [0.2, 0.25) is 0 Å². The van der Waals surface area contributed by atoms with Crippen molar-refractivity contribution < 1.29 is 0 Å². The second kappa shape index (κ2) is 7.12. The van der Waals surface area contributed by atoms with E-state index in [1.54, 1.807) is 11.3 Å². The maximum Gasteiger partial charge on any atom is 0.0907 e. The van der Waals surface area contributed by atoms with Crippen molar-refractivity contribution in [1.29, 1.82) is 0 Å². The van der Waals surface area contributed by atoms with Crippen LogP contribution in [0.4, 0.5) is 0 Å². The Labute approximate surface area is 182 Å². The molecule has 0 N–H and O–H groups in total. The Kier molecular flexibility index (Phi) is 4.53. The summed E-state index contributed by atoms with van der Waals surface area (Å²) in [7, 11) is -2.97. The largest absolute Gasteiger partial charge is 0.241 e. The maximum atomic E-state index is 4.84. The first-order chi connectivity index (χ1) is 14.6. The minimum absolute atomic E-state index is 1.09. The van der Waals surface area contributed by atoms with Gasteiger partial charge < -0.3 is 0 Å². The van der Waals surface area contributed by atoms with Gasteiger partial charge in [0, 0.05) is 0 Å². The van der Waals surface area contributed by atoms with E-state index >= 15 is 0 Å². The van der Waals surface area contributed by atoms with Crippen molar-refractivity contribution in [3.05, 3.63) is 114 Å². The van der Waals surface area contributed by atoms with E-state index in [4.69, 9.17) is 4.98 Å². The van der Waals surface area contributed by atoms with Crippen molar-refractivity contribution in [3.63, 3.8) is 0 Å². The lowest BCUT2D eigenvalue weighted by molar-refractivity contribution is 1.20. The number of fused-ring (bicyclic) bond motifs is 1. The summed E-state index contributed by atoms with van der Waals surface area (Å²) >= 11 is 1.76. The van der Waals surface area contributed by atoms with E-state index in [2.05, 4.69) is 122 Å². The van der Waals surface area contributed by atoms with Crippen molar-refractivity contribution in [1.82, 2.24) is 4.98 Å². The lowest BCUT2D eigenvalue weighted by atomic mass is 10.3. The van der Waals surface area contributed by atoms with Gasteiger partial charge in [0.1, 0.15) is 0 Å². The minimum atomic E-state index is -2.97. The zero-order chi connectivity index (χ0) is 20.6. The van der Waals surface area contributed by atoms with E-state index in [1.807, 2.05) is 0 Å². The van der Waals surface area contributed by atoms with Crippen molar-refractivity contribution in [2.45, 2.75) is 26.5 Å². The molecule has 1 heterocycles. The number of nitrogens with zero attached hydrogens (tertiary/aromatic N) is 1. The predicted molar refractivity (Wildman–Crippen MR) is 132 cm³/mol. The van der Waals surface area contributed by atoms with Gasteiger partial charge in [-0.15, -0.1) is 11.3 Å². The summed E-state index contributed by atoms with van der Waals surface area (Å²) in [6, 6.07) is 40.0. The topological polar surface area (TPSA) is 12.9 Å². The summed E-state index contributed by atoms with van der Waals surface area (Å²) in [4.78, 5) is 10.3. The average molecular weight is 428 g/mol. The molecule has 4 aromatic carbocycles. The van der Waals surface area contributed by atoms with Crippen LogP contribution in [0.5, 0.6) is 0 Å². The van der Waals surface area contributed by atoms with E-state index in [1.165, 1.54) is 24.3 Å². The molecule has 0 radical (unpaired) electrons. The first-order valence-corrected chi connectivity index (χ1v) is 13.7. The van der Waals surface area contributed by atoms with Gasteiger partial charge in [0.25, 0.3) is 0 Å². The molecule has 150 valence electrons. The highest BCUT2D eigenvalue weighted by molar-refractivity contribution is 8.49. The molecular weight excluding hydrogens is 402 g/mol. The summed E-state index contributed by atoms with van der Waals surface area (Å²) in [5.41, 5.74) is 1.09. The Balaban J connectivity index is 1.99. The van der Waals surface area contributed by atoms with Gasteiger partial charge in [-0.3, -0.25) is 0 Å². The van der Waals surface area contributed by atoms with Gasteiger partial charge >= 0.3 is 0 Å². The fourth-order valence-corrected chi connectivity index (χ4v) is 10.9. The molecule has 0 aliphatic rings. The number of hydrogen-bond acceptors (Lipinski definition) is 2. The Morgan fingerprint density at radius 3 is 1.53 bits per heavy atom. The quantitative estimate of drug-likeness (QED) is 0.288. The zero-order valence-corrected chi connectivity index (χ0v) is 18.9. The molecule has 3 heteroatoms. The summed E-state index contributed by atoms with van der Waals surface area (Å²) in [5.74, 6) is 0. The van der Waals surface area contributed by atoms with E-state index in [0.29, 0.717) is 0 Å². The molecule has 0 aliphatic heterocycles. The summed E-state index contributed by atoms with van der Waals surface area (Å²) in [6.07, 6.45) is 2.49. The molecule has 0 fully saturated rings. The Morgan fingerprint density at radius 2 is 1.07 bits per heavy atom. The molecule has 0 amide bonds. The van der Waals surface area contributed by atoms with Crippen LogP contribution in [0.15, 0.2) is 129 Å². The van der Waals surface area contributed by atoms with Gasteiger partial charge in [0.05, 0.1) is 15.2 Å². The molecule has 30 heavy (non-hydrogen) atoms. The fourth-order valence-electron chi connectivity index (χ4n) is 4.68. The molecule has 0 aliphatic carbocycles. The van der Waals surface area contributed by atoms with Crippen LogP contribution < -0.4 is 0 Å². The molecule has 1 aromatic heterocycles.